The second kappa shape index (κ2) is 10.6. The summed E-state index contributed by atoms with van der Waals surface area (Å²) in [5, 5.41) is 9.58. The molecule has 0 radical (unpaired) electrons. The molecular weight excluding hydrogens is 410 g/mol. The van der Waals surface area contributed by atoms with Gasteiger partial charge in [0.1, 0.15) is 0 Å². The van der Waals surface area contributed by atoms with E-state index in [0.717, 1.165) is 10.8 Å². The van der Waals surface area contributed by atoms with Gasteiger partial charge in [0.2, 0.25) is 0 Å². The predicted octanol–water partition coefficient (Wildman–Crippen LogP) is 2.86. The van der Waals surface area contributed by atoms with Crippen molar-refractivity contribution in [3.05, 3.63) is 82.8 Å². The van der Waals surface area contributed by atoms with Crippen LogP contribution < -0.4 is 16.4 Å². The highest BCUT2D eigenvalue weighted by atomic mass is 16.3. The van der Waals surface area contributed by atoms with Crippen LogP contribution in [0.2, 0.25) is 0 Å². The number of carbonyl (C=O) groups is 3. The lowest BCUT2D eigenvalue weighted by atomic mass is 10.1. The molecule has 9 nitrogen and oxygen atoms in total. The molecule has 0 heterocycles. The number of amides is 2. The summed E-state index contributed by atoms with van der Waals surface area (Å²) in [6.45, 7) is 0.344. The summed E-state index contributed by atoms with van der Waals surface area (Å²) < 4.78 is 0. The molecule has 0 fully saturated rings. The molecule has 4 N–H and O–H groups in total. The zero-order valence-electron chi connectivity index (χ0n) is 17.1. The van der Waals surface area contributed by atoms with Gasteiger partial charge in [0.15, 0.2) is 0 Å². The van der Waals surface area contributed by atoms with E-state index in [-0.39, 0.29) is 30.3 Å². The highest BCUT2D eigenvalue weighted by Crippen LogP contribution is 2.19. The number of nitrogens with one attached hydrogen (secondary N) is 2. The van der Waals surface area contributed by atoms with Crippen LogP contribution in [0.4, 0.5) is 5.69 Å². The van der Waals surface area contributed by atoms with Crippen LogP contribution in [0.15, 0.2) is 76.9 Å². The number of guanidine groups is 1. The number of para-hydroxylation sites is 1. The van der Waals surface area contributed by atoms with Crippen molar-refractivity contribution in [3.63, 3.8) is 0 Å². The topological polar surface area (TPSA) is 143 Å². The maximum atomic E-state index is 12.8. The number of benzene rings is 3. The fourth-order valence-corrected chi connectivity index (χ4v) is 3.02. The normalized spacial score (nSPS) is 11.1. The zero-order valence-corrected chi connectivity index (χ0v) is 17.1. The van der Waals surface area contributed by atoms with Crippen LogP contribution in [0.25, 0.3) is 10.8 Å². The number of rotatable bonds is 8. The highest BCUT2D eigenvalue weighted by Gasteiger charge is 2.20. The molecule has 0 aliphatic rings. The third kappa shape index (κ3) is 5.60. The fraction of sp³-hybridized carbons (Fsp3) is 0.130. The minimum Gasteiger partial charge on any atom is -0.365 e. The number of aliphatic imine (C=N–C) groups is 1. The first kappa shape index (κ1) is 22.3. The van der Waals surface area contributed by atoms with Crippen LogP contribution in [0.1, 0.15) is 27.1 Å². The van der Waals surface area contributed by atoms with E-state index in [1.54, 1.807) is 30.3 Å². The lowest BCUT2D eigenvalue weighted by Gasteiger charge is -2.11. The Bertz CT molecular complexity index is 1210. The van der Waals surface area contributed by atoms with Crippen LogP contribution in [-0.4, -0.2) is 36.6 Å². The highest BCUT2D eigenvalue weighted by molar-refractivity contribution is 6.44. The first-order chi connectivity index (χ1) is 15.5. The van der Waals surface area contributed by atoms with Gasteiger partial charge in [-0.25, -0.2) is 4.99 Å². The molecule has 0 aliphatic carbocycles. The summed E-state index contributed by atoms with van der Waals surface area (Å²) in [6.07, 6.45) is 0.371. The van der Waals surface area contributed by atoms with Crippen molar-refractivity contribution < 1.29 is 14.4 Å². The first-order valence-electron chi connectivity index (χ1n) is 9.84. The Morgan fingerprint density at radius 3 is 2.41 bits per heavy atom. The number of carbonyl (C=O) groups excluding carboxylic acids is 3. The van der Waals surface area contributed by atoms with Gasteiger partial charge >= 0.3 is 0 Å². The number of Topliss-reactive ketones (excluding diaryl/α,β-unsaturated/α-hetero) is 1. The van der Waals surface area contributed by atoms with E-state index in [4.69, 9.17) is 5.73 Å². The van der Waals surface area contributed by atoms with E-state index in [1.165, 1.54) is 6.07 Å². The fourth-order valence-electron chi connectivity index (χ4n) is 3.02. The Hall–Kier alpha value is -4.40. The number of ketones is 1. The van der Waals surface area contributed by atoms with Gasteiger partial charge < -0.3 is 16.4 Å². The van der Waals surface area contributed by atoms with Gasteiger partial charge in [0.05, 0.1) is 11.3 Å². The van der Waals surface area contributed by atoms with Crippen molar-refractivity contribution >= 4 is 40.0 Å². The molecule has 0 saturated heterocycles. The monoisotopic (exact) mass is 431 g/mol. The molecule has 0 aliphatic heterocycles. The molecule has 0 atom stereocenters. The number of nitrogens with zero attached hydrogens (tertiary/aromatic N) is 2. The number of fused-ring (bicyclic) bond motifs is 1. The molecule has 162 valence electrons. The van der Waals surface area contributed by atoms with Gasteiger partial charge in [-0.1, -0.05) is 42.5 Å². The van der Waals surface area contributed by atoms with Crippen molar-refractivity contribution in [2.75, 3.05) is 18.4 Å². The maximum Gasteiger partial charge on any atom is 0.292 e. The number of nitrogens with two attached hydrogens (primary N) is 1. The Morgan fingerprint density at radius 1 is 0.906 bits per heavy atom. The molecule has 0 saturated carbocycles. The van der Waals surface area contributed by atoms with Gasteiger partial charge in [-0.15, -0.1) is 4.91 Å². The summed E-state index contributed by atoms with van der Waals surface area (Å²) in [4.78, 5) is 51.4. The quantitative estimate of drug-likeness (QED) is 0.125. The van der Waals surface area contributed by atoms with Gasteiger partial charge in [-0.05, 0) is 41.5 Å². The molecule has 0 spiro atoms. The van der Waals surface area contributed by atoms with Gasteiger partial charge in [-0.3, -0.25) is 14.4 Å². The molecule has 2 amide bonds. The molecule has 32 heavy (non-hydrogen) atoms. The van der Waals surface area contributed by atoms with Crippen molar-refractivity contribution in [2.24, 2.45) is 15.9 Å². The van der Waals surface area contributed by atoms with E-state index < -0.39 is 17.6 Å². The zero-order chi connectivity index (χ0) is 22.9. The summed E-state index contributed by atoms with van der Waals surface area (Å²) in [5.74, 6) is -2.36. The summed E-state index contributed by atoms with van der Waals surface area (Å²) >= 11 is 0. The molecule has 3 aromatic rings. The Kier molecular flexibility index (Phi) is 7.37. The number of hydrogen-bond acceptors (Lipinski definition) is 5. The lowest BCUT2D eigenvalue weighted by Crippen LogP contribution is -2.32. The van der Waals surface area contributed by atoms with E-state index >= 15 is 0 Å². The number of hydrogen-bond donors (Lipinski definition) is 3. The third-order valence-electron chi connectivity index (χ3n) is 4.63. The standard InChI is InChI=1S/C23H21N5O4/c24-23(28-32)26-13-5-12-25-22(31)20(29)18-8-3-4-9-19(18)27-21(30)17-11-10-15-6-1-2-7-16(15)14-17/h1-4,6-11,14H,5,12-13H2,(H2,24,26)(H,25,31)(H,27,30). The van der Waals surface area contributed by atoms with Crippen LogP contribution in [0, 0.1) is 4.91 Å². The molecule has 3 rings (SSSR count). The Balaban J connectivity index is 1.66. The molecule has 0 bridgehead atoms. The van der Waals surface area contributed by atoms with Crippen LogP contribution in [-0.2, 0) is 4.79 Å². The van der Waals surface area contributed by atoms with Crippen LogP contribution in [0.5, 0.6) is 0 Å². The summed E-state index contributed by atoms with van der Waals surface area (Å²) in [5.41, 5.74) is 5.90. The van der Waals surface area contributed by atoms with Crippen molar-refractivity contribution in [2.45, 2.75) is 6.42 Å². The molecule has 3 aromatic carbocycles. The smallest absolute Gasteiger partial charge is 0.292 e. The first-order valence-corrected chi connectivity index (χ1v) is 9.84. The summed E-state index contributed by atoms with van der Waals surface area (Å²) in [7, 11) is 0. The second-order valence-corrected chi connectivity index (χ2v) is 6.83. The van der Waals surface area contributed by atoms with Crippen LogP contribution >= 0.6 is 0 Å². The number of anilines is 1. The Labute approximate surface area is 183 Å². The third-order valence-corrected chi connectivity index (χ3v) is 4.63. The lowest BCUT2D eigenvalue weighted by molar-refractivity contribution is -0.117. The molecule has 0 unspecified atom stereocenters. The number of nitroso groups, excluding NO2 is 1. The molecule has 0 aromatic heterocycles. The summed E-state index contributed by atoms with van der Waals surface area (Å²) in [6, 6.07) is 19.3. The van der Waals surface area contributed by atoms with E-state index in [0.29, 0.717) is 12.0 Å². The predicted molar refractivity (Wildman–Crippen MR) is 123 cm³/mol. The van der Waals surface area contributed by atoms with Crippen molar-refractivity contribution in [1.82, 2.24) is 5.32 Å². The van der Waals surface area contributed by atoms with Gasteiger partial charge in [0, 0.05) is 23.8 Å². The minimum absolute atomic E-state index is 0.0755. The van der Waals surface area contributed by atoms with Gasteiger partial charge in [-0.2, -0.15) is 0 Å². The van der Waals surface area contributed by atoms with Crippen molar-refractivity contribution in [1.29, 1.82) is 0 Å². The SMILES string of the molecule is NC(N=O)=NCCCNC(=O)C(=O)c1ccccc1NC(=O)c1ccc2ccccc2c1. The van der Waals surface area contributed by atoms with Crippen molar-refractivity contribution in [3.8, 4) is 0 Å². The average Bonchev–Trinajstić information content (AvgIpc) is 2.83. The average molecular weight is 431 g/mol. The maximum absolute atomic E-state index is 12.8. The molecule has 9 heteroatoms. The van der Waals surface area contributed by atoms with E-state index in [9.17, 15) is 19.3 Å². The van der Waals surface area contributed by atoms with E-state index in [2.05, 4.69) is 20.8 Å². The largest absolute Gasteiger partial charge is 0.365 e. The Morgan fingerprint density at radius 2 is 1.62 bits per heavy atom. The van der Waals surface area contributed by atoms with E-state index in [1.807, 2.05) is 30.3 Å². The van der Waals surface area contributed by atoms with Crippen LogP contribution in [0.3, 0.4) is 0 Å². The van der Waals surface area contributed by atoms with Gasteiger partial charge in [0.25, 0.3) is 23.6 Å². The minimum atomic E-state index is -0.817. The second-order valence-electron chi connectivity index (χ2n) is 6.83. The molecular formula is C23H21N5O4.